The average Bonchev–Trinajstić information content (AvgIpc) is 2.35. The van der Waals surface area contributed by atoms with E-state index in [9.17, 15) is 4.79 Å². The van der Waals surface area contributed by atoms with Crippen molar-refractivity contribution in [2.24, 2.45) is 0 Å². The van der Waals surface area contributed by atoms with Crippen molar-refractivity contribution in [2.45, 2.75) is 19.8 Å². The minimum atomic E-state index is -0.951. The lowest BCUT2D eigenvalue weighted by molar-refractivity contribution is -0.136. The number of hydrogen-bond donors (Lipinski definition) is 2. The van der Waals surface area contributed by atoms with Crippen molar-refractivity contribution < 1.29 is 19.7 Å². The SMILES string of the molecule is C=C(Cl)c1cc(CC)cc(CC(=O)O)c1OCCO. The molecule has 1 rings (SSSR count). The van der Waals surface area contributed by atoms with Crippen LogP contribution in [0, 0.1) is 0 Å². The summed E-state index contributed by atoms with van der Waals surface area (Å²) < 4.78 is 5.42. The van der Waals surface area contributed by atoms with Gasteiger partial charge in [0.05, 0.1) is 13.0 Å². The number of carboxylic acids is 1. The minimum Gasteiger partial charge on any atom is -0.490 e. The Hall–Kier alpha value is -1.52. The third kappa shape index (κ3) is 4.26. The third-order valence-electron chi connectivity index (χ3n) is 2.61. The lowest BCUT2D eigenvalue weighted by Crippen LogP contribution is -2.09. The highest BCUT2D eigenvalue weighted by Crippen LogP contribution is 2.33. The summed E-state index contributed by atoms with van der Waals surface area (Å²) in [6.45, 7) is 5.55. The first kappa shape index (κ1) is 15.5. The minimum absolute atomic E-state index is 0.0786. The molecule has 0 aliphatic heterocycles. The molecule has 0 saturated heterocycles. The van der Waals surface area contributed by atoms with Crippen LogP contribution in [0.3, 0.4) is 0 Å². The van der Waals surface area contributed by atoms with Crippen molar-refractivity contribution in [3.8, 4) is 5.75 Å². The molecule has 0 atom stereocenters. The topological polar surface area (TPSA) is 66.8 Å². The molecule has 0 aliphatic carbocycles. The lowest BCUT2D eigenvalue weighted by Gasteiger charge is -2.16. The van der Waals surface area contributed by atoms with Crippen LogP contribution >= 0.6 is 11.6 Å². The van der Waals surface area contributed by atoms with Gasteiger partial charge in [-0.15, -0.1) is 0 Å². The lowest BCUT2D eigenvalue weighted by atomic mass is 10.00. The van der Waals surface area contributed by atoms with Crippen LogP contribution in [0.2, 0.25) is 0 Å². The Bertz CT molecular complexity index is 483. The standard InChI is InChI=1S/C14H17ClO4/c1-3-10-6-11(8-13(17)18)14(19-5-4-16)12(7-10)9(2)15/h6-7,16H,2-5,8H2,1H3,(H,17,18). The maximum Gasteiger partial charge on any atom is 0.307 e. The zero-order valence-corrected chi connectivity index (χ0v) is 11.5. The van der Waals surface area contributed by atoms with Crippen molar-refractivity contribution in [3.05, 3.63) is 35.4 Å². The second-order valence-electron chi connectivity index (χ2n) is 4.03. The fourth-order valence-electron chi connectivity index (χ4n) is 1.77. The number of carboxylic acid groups (broad SMARTS) is 1. The fraction of sp³-hybridized carbons (Fsp3) is 0.357. The van der Waals surface area contributed by atoms with Crippen LogP contribution in [0.4, 0.5) is 0 Å². The van der Waals surface area contributed by atoms with Crippen LogP contribution in [-0.4, -0.2) is 29.4 Å². The first-order valence-electron chi connectivity index (χ1n) is 5.95. The first-order valence-corrected chi connectivity index (χ1v) is 6.33. The van der Waals surface area contributed by atoms with Crippen LogP contribution in [0.5, 0.6) is 5.75 Å². The number of benzene rings is 1. The van der Waals surface area contributed by atoms with Gasteiger partial charge in [0, 0.05) is 16.2 Å². The number of aryl methyl sites for hydroxylation is 1. The van der Waals surface area contributed by atoms with Gasteiger partial charge in [0.2, 0.25) is 0 Å². The molecule has 2 N–H and O–H groups in total. The Labute approximate surface area is 117 Å². The van der Waals surface area contributed by atoms with Crippen molar-refractivity contribution in [1.29, 1.82) is 0 Å². The van der Waals surface area contributed by atoms with Crippen LogP contribution in [0.15, 0.2) is 18.7 Å². The molecule has 1 aromatic carbocycles. The number of aliphatic hydroxyl groups is 1. The second kappa shape index (κ2) is 7.16. The molecule has 0 bridgehead atoms. The summed E-state index contributed by atoms with van der Waals surface area (Å²) in [6.07, 6.45) is 0.593. The van der Waals surface area contributed by atoms with E-state index in [0.717, 1.165) is 12.0 Å². The van der Waals surface area contributed by atoms with Crippen LogP contribution in [-0.2, 0) is 17.6 Å². The molecule has 19 heavy (non-hydrogen) atoms. The van der Waals surface area contributed by atoms with Crippen molar-refractivity contribution in [1.82, 2.24) is 0 Å². The molecular formula is C14H17ClO4. The number of rotatable bonds is 7. The fourth-order valence-corrected chi connectivity index (χ4v) is 1.91. The Morgan fingerprint density at radius 2 is 2.16 bits per heavy atom. The van der Waals surface area contributed by atoms with E-state index in [-0.39, 0.29) is 24.7 Å². The molecule has 0 amide bonds. The van der Waals surface area contributed by atoms with Gasteiger partial charge in [0.1, 0.15) is 12.4 Å². The molecular weight excluding hydrogens is 268 g/mol. The number of ether oxygens (including phenoxy) is 1. The molecule has 0 saturated carbocycles. The van der Waals surface area contributed by atoms with Gasteiger partial charge < -0.3 is 14.9 Å². The summed E-state index contributed by atoms with van der Waals surface area (Å²) >= 11 is 5.94. The number of aliphatic carboxylic acids is 1. The van der Waals surface area contributed by atoms with E-state index in [1.54, 1.807) is 6.07 Å². The number of aliphatic hydroxyl groups excluding tert-OH is 1. The highest BCUT2D eigenvalue weighted by atomic mass is 35.5. The number of hydrogen-bond acceptors (Lipinski definition) is 3. The third-order valence-corrected chi connectivity index (χ3v) is 2.81. The van der Waals surface area contributed by atoms with Gasteiger partial charge in [-0.2, -0.15) is 0 Å². The Morgan fingerprint density at radius 1 is 1.47 bits per heavy atom. The second-order valence-corrected chi connectivity index (χ2v) is 4.49. The summed E-state index contributed by atoms with van der Waals surface area (Å²) in [5.41, 5.74) is 2.08. The van der Waals surface area contributed by atoms with E-state index >= 15 is 0 Å². The smallest absolute Gasteiger partial charge is 0.307 e. The maximum atomic E-state index is 10.9. The van der Waals surface area contributed by atoms with Gasteiger partial charge in [0.25, 0.3) is 0 Å². The van der Waals surface area contributed by atoms with Crippen LogP contribution < -0.4 is 4.74 Å². The summed E-state index contributed by atoms with van der Waals surface area (Å²) in [5.74, 6) is -0.568. The van der Waals surface area contributed by atoms with Gasteiger partial charge in [-0.05, 0) is 18.1 Å². The predicted molar refractivity (Wildman–Crippen MR) is 74.6 cm³/mol. The van der Waals surface area contributed by atoms with E-state index in [0.29, 0.717) is 16.9 Å². The highest BCUT2D eigenvalue weighted by molar-refractivity contribution is 6.48. The van der Waals surface area contributed by atoms with E-state index in [4.69, 9.17) is 26.6 Å². The monoisotopic (exact) mass is 284 g/mol. The Balaban J connectivity index is 3.32. The van der Waals surface area contributed by atoms with Gasteiger partial charge in [0.15, 0.2) is 0 Å². The molecule has 0 heterocycles. The molecule has 0 radical (unpaired) electrons. The number of halogens is 1. The van der Waals surface area contributed by atoms with Crippen molar-refractivity contribution in [3.63, 3.8) is 0 Å². The molecule has 0 fully saturated rings. The molecule has 0 aromatic heterocycles. The summed E-state index contributed by atoms with van der Waals surface area (Å²) in [5, 5.41) is 18.1. The van der Waals surface area contributed by atoms with Gasteiger partial charge in [-0.25, -0.2) is 0 Å². The van der Waals surface area contributed by atoms with Crippen molar-refractivity contribution in [2.75, 3.05) is 13.2 Å². The molecule has 5 heteroatoms. The Morgan fingerprint density at radius 3 is 2.63 bits per heavy atom. The van der Waals surface area contributed by atoms with E-state index in [1.165, 1.54) is 0 Å². The largest absolute Gasteiger partial charge is 0.490 e. The molecule has 4 nitrogen and oxygen atoms in total. The highest BCUT2D eigenvalue weighted by Gasteiger charge is 2.16. The molecule has 104 valence electrons. The average molecular weight is 285 g/mol. The molecule has 0 aliphatic rings. The predicted octanol–water partition coefficient (Wildman–Crippen LogP) is 2.46. The molecule has 0 spiro atoms. The molecule has 1 aromatic rings. The Kier molecular flexibility index (Phi) is 5.86. The van der Waals surface area contributed by atoms with Crippen LogP contribution in [0.25, 0.3) is 5.03 Å². The van der Waals surface area contributed by atoms with E-state index in [2.05, 4.69) is 6.58 Å². The zero-order chi connectivity index (χ0) is 14.4. The number of carbonyl (C=O) groups is 1. The van der Waals surface area contributed by atoms with Gasteiger partial charge >= 0.3 is 5.97 Å². The summed E-state index contributed by atoms with van der Waals surface area (Å²) in [7, 11) is 0. The van der Waals surface area contributed by atoms with E-state index < -0.39 is 5.97 Å². The summed E-state index contributed by atoms with van der Waals surface area (Å²) in [4.78, 5) is 10.9. The van der Waals surface area contributed by atoms with Crippen LogP contribution in [0.1, 0.15) is 23.6 Å². The first-order chi connectivity index (χ1) is 8.99. The summed E-state index contributed by atoms with van der Waals surface area (Å²) in [6, 6.07) is 3.61. The van der Waals surface area contributed by atoms with Gasteiger partial charge in [-0.1, -0.05) is 31.2 Å². The van der Waals surface area contributed by atoms with Crippen molar-refractivity contribution >= 4 is 22.6 Å². The molecule has 0 unspecified atom stereocenters. The quantitative estimate of drug-likeness (QED) is 0.807. The zero-order valence-electron chi connectivity index (χ0n) is 10.8. The maximum absolute atomic E-state index is 10.9. The normalized spacial score (nSPS) is 10.3. The van der Waals surface area contributed by atoms with Gasteiger partial charge in [-0.3, -0.25) is 4.79 Å². The van der Waals surface area contributed by atoms with E-state index in [1.807, 2.05) is 13.0 Å².